The molecule has 212 valence electrons. The van der Waals surface area contributed by atoms with Crippen molar-refractivity contribution in [1.82, 2.24) is 20.4 Å². The Labute approximate surface area is 239 Å². The highest BCUT2D eigenvalue weighted by molar-refractivity contribution is 5.97. The molecule has 2 amide bonds. The number of likely N-dealkylation sites (N-methyl/N-ethyl adjacent to an activating group) is 1. The Bertz CT molecular complexity index is 1310. The quantitative estimate of drug-likeness (QED) is 0.368. The highest BCUT2D eigenvalue weighted by atomic mass is 16.2. The van der Waals surface area contributed by atoms with Gasteiger partial charge in [0.25, 0.3) is 11.8 Å². The Morgan fingerprint density at radius 1 is 0.900 bits per heavy atom. The molecular formula is C33H43N5O2. The summed E-state index contributed by atoms with van der Waals surface area (Å²) in [6, 6.07) is 21.9. The zero-order chi connectivity index (χ0) is 28.6. The fourth-order valence-electron chi connectivity index (χ4n) is 5.00. The molecule has 1 aliphatic rings. The van der Waals surface area contributed by atoms with Crippen LogP contribution >= 0.6 is 0 Å². The summed E-state index contributed by atoms with van der Waals surface area (Å²) >= 11 is 0. The van der Waals surface area contributed by atoms with Crippen LogP contribution in [0.5, 0.6) is 0 Å². The Morgan fingerprint density at radius 2 is 1.60 bits per heavy atom. The molecule has 2 N–H and O–H groups in total. The van der Waals surface area contributed by atoms with Crippen LogP contribution in [0.25, 0.3) is 11.1 Å². The first-order valence-electron chi connectivity index (χ1n) is 14.2. The van der Waals surface area contributed by atoms with E-state index in [2.05, 4.69) is 44.5 Å². The molecule has 3 aromatic carbocycles. The number of rotatable bonds is 10. The lowest BCUT2D eigenvalue weighted by Crippen LogP contribution is -2.44. The van der Waals surface area contributed by atoms with Gasteiger partial charge >= 0.3 is 0 Å². The van der Waals surface area contributed by atoms with Gasteiger partial charge in [0.05, 0.1) is 6.04 Å². The number of carbonyl (C=O) groups excluding carboxylic acids is 2. The van der Waals surface area contributed by atoms with Crippen LogP contribution in [-0.2, 0) is 0 Å². The van der Waals surface area contributed by atoms with Crippen molar-refractivity contribution in [3.63, 3.8) is 0 Å². The Morgan fingerprint density at radius 3 is 2.33 bits per heavy atom. The number of amides is 2. The second-order valence-corrected chi connectivity index (χ2v) is 11.1. The lowest BCUT2D eigenvalue weighted by atomic mass is 9.98. The second-order valence-electron chi connectivity index (χ2n) is 11.1. The minimum absolute atomic E-state index is 0.0634. The first kappa shape index (κ1) is 29.3. The van der Waals surface area contributed by atoms with Gasteiger partial charge in [-0.1, -0.05) is 36.4 Å². The van der Waals surface area contributed by atoms with Gasteiger partial charge in [0.15, 0.2) is 0 Å². The molecule has 1 heterocycles. The Kier molecular flexibility index (Phi) is 9.96. The van der Waals surface area contributed by atoms with Gasteiger partial charge in [-0.05, 0) is 101 Å². The average molecular weight is 542 g/mol. The number of benzene rings is 3. The number of hydrogen-bond acceptors (Lipinski definition) is 5. The zero-order valence-corrected chi connectivity index (χ0v) is 24.5. The molecule has 0 bridgehead atoms. The van der Waals surface area contributed by atoms with Crippen molar-refractivity contribution in [3.05, 3.63) is 89.0 Å². The molecular weight excluding hydrogens is 498 g/mol. The molecule has 0 spiro atoms. The van der Waals surface area contributed by atoms with Crippen molar-refractivity contribution in [2.24, 2.45) is 0 Å². The van der Waals surface area contributed by atoms with Gasteiger partial charge in [-0.25, -0.2) is 0 Å². The maximum Gasteiger partial charge on any atom is 0.252 e. The van der Waals surface area contributed by atoms with Gasteiger partial charge in [-0.3, -0.25) is 9.59 Å². The van der Waals surface area contributed by atoms with Crippen molar-refractivity contribution in [3.8, 4) is 11.1 Å². The monoisotopic (exact) mass is 541 g/mol. The normalized spacial score (nSPS) is 14.7. The molecule has 0 saturated carbocycles. The molecule has 40 heavy (non-hydrogen) atoms. The number of aryl methyl sites for hydroxylation is 1. The van der Waals surface area contributed by atoms with Gasteiger partial charge < -0.3 is 25.3 Å². The van der Waals surface area contributed by atoms with E-state index >= 15 is 0 Å². The lowest BCUT2D eigenvalue weighted by molar-refractivity contribution is 0.0935. The molecule has 3 aromatic rings. The van der Waals surface area contributed by atoms with Gasteiger partial charge in [-0.2, -0.15) is 0 Å². The molecule has 1 aliphatic heterocycles. The number of carbonyl (C=O) groups is 2. The molecule has 0 aliphatic carbocycles. The number of hydrogen-bond donors (Lipinski definition) is 2. The summed E-state index contributed by atoms with van der Waals surface area (Å²) < 4.78 is 0. The maximum absolute atomic E-state index is 13.4. The SMILES string of the molecule is Cc1ccc(N2CCN(C)CC2)cc1C(=O)N[C@H](C)c1cccc(-c2cccc(C(=O)NCCCN(C)C)c2)c1. The van der Waals surface area contributed by atoms with E-state index in [1.54, 1.807) is 0 Å². The summed E-state index contributed by atoms with van der Waals surface area (Å²) in [6.07, 6.45) is 0.907. The van der Waals surface area contributed by atoms with Crippen LogP contribution in [0.4, 0.5) is 5.69 Å². The van der Waals surface area contributed by atoms with E-state index in [1.807, 2.05) is 82.5 Å². The first-order chi connectivity index (χ1) is 19.2. The van der Waals surface area contributed by atoms with Crippen molar-refractivity contribution in [2.75, 3.05) is 65.3 Å². The maximum atomic E-state index is 13.4. The average Bonchev–Trinajstić information content (AvgIpc) is 2.96. The van der Waals surface area contributed by atoms with E-state index in [1.165, 1.54) is 0 Å². The molecule has 7 heteroatoms. The minimum Gasteiger partial charge on any atom is -0.369 e. The van der Waals surface area contributed by atoms with Gasteiger partial charge in [0.1, 0.15) is 0 Å². The third-order valence-electron chi connectivity index (χ3n) is 7.59. The van der Waals surface area contributed by atoms with Gasteiger partial charge in [0.2, 0.25) is 0 Å². The summed E-state index contributed by atoms with van der Waals surface area (Å²) in [4.78, 5) is 32.8. The van der Waals surface area contributed by atoms with E-state index < -0.39 is 0 Å². The molecule has 0 unspecified atom stereocenters. The molecule has 0 aromatic heterocycles. The summed E-state index contributed by atoms with van der Waals surface area (Å²) in [5.74, 6) is -0.133. The van der Waals surface area contributed by atoms with Crippen LogP contribution in [0.15, 0.2) is 66.7 Å². The summed E-state index contributed by atoms with van der Waals surface area (Å²) in [5, 5.41) is 6.21. The summed E-state index contributed by atoms with van der Waals surface area (Å²) in [5.41, 5.74) is 6.41. The zero-order valence-electron chi connectivity index (χ0n) is 24.5. The van der Waals surface area contributed by atoms with Gasteiger partial charge in [0, 0.05) is 49.5 Å². The third-order valence-corrected chi connectivity index (χ3v) is 7.59. The third kappa shape index (κ3) is 7.71. The van der Waals surface area contributed by atoms with E-state index in [9.17, 15) is 9.59 Å². The first-order valence-corrected chi connectivity index (χ1v) is 14.2. The second kappa shape index (κ2) is 13.6. The van der Waals surface area contributed by atoms with E-state index in [4.69, 9.17) is 0 Å². The number of nitrogens with zero attached hydrogens (tertiary/aromatic N) is 3. The van der Waals surface area contributed by atoms with Crippen molar-refractivity contribution < 1.29 is 9.59 Å². The topological polar surface area (TPSA) is 67.9 Å². The van der Waals surface area contributed by atoms with E-state index in [-0.39, 0.29) is 17.9 Å². The van der Waals surface area contributed by atoms with E-state index in [0.29, 0.717) is 17.7 Å². The summed E-state index contributed by atoms with van der Waals surface area (Å²) in [7, 11) is 6.20. The molecule has 0 radical (unpaired) electrons. The Hall–Kier alpha value is -3.68. The standard InChI is InChI=1S/C33H43N5O2/c1-24-13-14-30(38-19-17-37(5)18-20-38)23-31(24)33(40)35-25(2)26-9-6-10-27(21-26)28-11-7-12-29(22-28)32(39)34-15-8-16-36(3)4/h6-7,9-14,21-23,25H,8,15-20H2,1-5H3,(H,34,39)(H,35,40)/t25-/m1/s1. The van der Waals surface area contributed by atoms with Crippen molar-refractivity contribution in [1.29, 1.82) is 0 Å². The molecule has 4 rings (SSSR count). The predicted octanol–water partition coefficient (Wildman–Crippen LogP) is 4.59. The van der Waals surface area contributed by atoms with Crippen LogP contribution in [-0.4, -0.2) is 82.0 Å². The number of piperazine rings is 1. The van der Waals surface area contributed by atoms with Crippen molar-refractivity contribution in [2.45, 2.75) is 26.3 Å². The molecule has 1 saturated heterocycles. The smallest absolute Gasteiger partial charge is 0.252 e. The largest absolute Gasteiger partial charge is 0.369 e. The highest BCUT2D eigenvalue weighted by Crippen LogP contribution is 2.26. The minimum atomic E-state index is -0.178. The molecule has 1 atom stereocenters. The number of anilines is 1. The van der Waals surface area contributed by atoms with Crippen LogP contribution < -0.4 is 15.5 Å². The summed E-state index contributed by atoms with van der Waals surface area (Å²) in [6.45, 7) is 9.54. The fourth-order valence-corrected chi connectivity index (χ4v) is 5.00. The van der Waals surface area contributed by atoms with Crippen LogP contribution in [0.3, 0.4) is 0 Å². The van der Waals surface area contributed by atoms with Crippen LogP contribution in [0.2, 0.25) is 0 Å². The Balaban J connectivity index is 1.43. The molecule has 1 fully saturated rings. The van der Waals surface area contributed by atoms with Crippen molar-refractivity contribution >= 4 is 17.5 Å². The lowest BCUT2D eigenvalue weighted by Gasteiger charge is -2.34. The van der Waals surface area contributed by atoms with Crippen LogP contribution in [0, 0.1) is 6.92 Å². The fraction of sp³-hybridized carbons (Fsp3) is 0.394. The highest BCUT2D eigenvalue weighted by Gasteiger charge is 2.19. The number of nitrogens with one attached hydrogen (secondary N) is 2. The molecule has 7 nitrogen and oxygen atoms in total. The van der Waals surface area contributed by atoms with Gasteiger partial charge in [-0.15, -0.1) is 0 Å². The van der Waals surface area contributed by atoms with Crippen LogP contribution in [0.1, 0.15) is 51.2 Å². The predicted molar refractivity (Wildman–Crippen MR) is 164 cm³/mol. The van der Waals surface area contributed by atoms with E-state index in [0.717, 1.165) is 67.1 Å².